The normalized spacial score (nSPS) is 10.5. The first-order valence-electron chi connectivity index (χ1n) is 5.70. The summed E-state index contributed by atoms with van der Waals surface area (Å²) in [5.41, 5.74) is 2.33. The van der Waals surface area contributed by atoms with Gasteiger partial charge in [0.05, 0.1) is 7.11 Å². The minimum Gasteiger partial charge on any atom is -0.497 e. The zero-order chi connectivity index (χ0) is 13.8. The maximum Gasteiger partial charge on any atom is 0.261 e. The van der Waals surface area contributed by atoms with E-state index in [4.69, 9.17) is 27.9 Å². The second-order valence-corrected chi connectivity index (χ2v) is 4.55. The first-order valence-corrected chi connectivity index (χ1v) is 6.77. The van der Waals surface area contributed by atoms with Crippen LogP contribution < -0.4 is 4.74 Å². The standard InChI is InChI=1S/C14H13Cl2NO2/c1-19-13-4-2-10(3-5-13)14(18)17-8-11(6-15)12(7-16)9-17/h2-5,8-9H,6-7H2,1H3. The molecule has 1 aromatic carbocycles. The molecule has 3 nitrogen and oxygen atoms in total. The molecule has 0 saturated heterocycles. The number of ether oxygens (including phenoxy) is 1. The van der Waals surface area contributed by atoms with Crippen molar-refractivity contribution < 1.29 is 9.53 Å². The van der Waals surface area contributed by atoms with Gasteiger partial charge in [-0.3, -0.25) is 9.36 Å². The van der Waals surface area contributed by atoms with E-state index >= 15 is 0 Å². The first kappa shape index (κ1) is 14.0. The van der Waals surface area contributed by atoms with E-state index < -0.39 is 0 Å². The topological polar surface area (TPSA) is 31.2 Å². The van der Waals surface area contributed by atoms with Crippen LogP contribution in [0.15, 0.2) is 36.7 Å². The van der Waals surface area contributed by atoms with E-state index in [0.29, 0.717) is 23.1 Å². The third kappa shape index (κ3) is 2.94. The molecular formula is C14H13Cl2NO2. The lowest BCUT2D eigenvalue weighted by atomic mass is 10.2. The van der Waals surface area contributed by atoms with Crippen LogP contribution in [0.4, 0.5) is 0 Å². The summed E-state index contributed by atoms with van der Waals surface area (Å²) in [7, 11) is 1.59. The predicted molar refractivity (Wildman–Crippen MR) is 76.3 cm³/mol. The molecule has 0 saturated carbocycles. The van der Waals surface area contributed by atoms with Gasteiger partial charge in [0, 0.05) is 29.7 Å². The van der Waals surface area contributed by atoms with Crippen molar-refractivity contribution in [3.63, 3.8) is 0 Å². The third-order valence-electron chi connectivity index (χ3n) is 2.86. The maximum absolute atomic E-state index is 12.3. The minimum atomic E-state index is -0.120. The zero-order valence-corrected chi connectivity index (χ0v) is 11.9. The molecule has 0 aliphatic heterocycles. The summed E-state index contributed by atoms with van der Waals surface area (Å²) in [6.07, 6.45) is 3.44. The van der Waals surface area contributed by atoms with Crippen molar-refractivity contribution >= 4 is 29.1 Å². The Labute approximate surface area is 121 Å². The fraction of sp³-hybridized carbons (Fsp3) is 0.214. The molecule has 5 heteroatoms. The van der Waals surface area contributed by atoms with Crippen molar-refractivity contribution in [3.05, 3.63) is 53.3 Å². The predicted octanol–water partition coefficient (Wildman–Crippen LogP) is 3.66. The minimum absolute atomic E-state index is 0.120. The monoisotopic (exact) mass is 297 g/mol. The average molecular weight is 298 g/mol. The van der Waals surface area contributed by atoms with E-state index in [1.807, 2.05) is 0 Å². The number of aromatic nitrogens is 1. The molecule has 0 aliphatic rings. The summed E-state index contributed by atoms with van der Waals surface area (Å²) in [4.78, 5) is 12.3. The Morgan fingerprint density at radius 3 is 2.05 bits per heavy atom. The van der Waals surface area contributed by atoms with Gasteiger partial charge in [-0.2, -0.15) is 0 Å². The van der Waals surface area contributed by atoms with Gasteiger partial charge >= 0.3 is 0 Å². The van der Waals surface area contributed by atoms with Crippen molar-refractivity contribution in [2.75, 3.05) is 7.11 Å². The lowest BCUT2D eigenvalue weighted by Gasteiger charge is -2.03. The molecule has 0 fully saturated rings. The summed E-state index contributed by atoms with van der Waals surface area (Å²) in [6, 6.07) is 6.95. The van der Waals surface area contributed by atoms with E-state index in [9.17, 15) is 4.79 Å². The Kier molecular flexibility index (Phi) is 4.51. The molecular weight excluding hydrogens is 285 g/mol. The molecule has 2 aromatic rings. The second-order valence-electron chi connectivity index (χ2n) is 4.02. The third-order valence-corrected chi connectivity index (χ3v) is 3.44. The number of benzene rings is 1. The molecule has 0 unspecified atom stereocenters. The fourth-order valence-corrected chi connectivity index (χ4v) is 2.26. The van der Waals surface area contributed by atoms with Gasteiger partial charge in [-0.15, -0.1) is 23.2 Å². The highest BCUT2D eigenvalue weighted by Gasteiger charge is 2.12. The smallest absolute Gasteiger partial charge is 0.261 e. The van der Waals surface area contributed by atoms with Crippen molar-refractivity contribution in [3.8, 4) is 5.75 Å². The first-order chi connectivity index (χ1) is 9.19. The SMILES string of the molecule is COc1ccc(C(=O)n2cc(CCl)c(CCl)c2)cc1. The number of nitrogens with zero attached hydrogens (tertiary/aromatic N) is 1. The van der Waals surface area contributed by atoms with Gasteiger partial charge in [0.2, 0.25) is 0 Å². The molecule has 0 spiro atoms. The number of hydrogen-bond acceptors (Lipinski definition) is 2. The Balaban J connectivity index is 2.29. The molecule has 1 aromatic heterocycles. The van der Waals surface area contributed by atoms with E-state index in [-0.39, 0.29) is 5.91 Å². The lowest BCUT2D eigenvalue weighted by Crippen LogP contribution is -2.09. The van der Waals surface area contributed by atoms with Crippen LogP contribution >= 0.6 is 23.2 Å². The summed E-state index contributed by atoms with van der Waals surface area (Å²) in [5, 5.41) is 0. The molecule has 0 N–H and O–H groups in total. The molecule has 2 rings (SSSR count). The van der Waals surface area contributed by atoms with E-state index in [1.165, 1.54) is 4.57 Å². The van der Waals surface area contributed by atoms with Gasteiger partial charge in [-0.1, -0.05) is 0 Å². The highest BCUT2D eigenvalue weighted by Crippen LogP contribution is 2.18. The largest absolute Gasteiger partial charge is 0.497 e. The second kappa shape index (κ2) is 6.13. The van der Waals surface area contributed by atoms with Gasteiger partial charge in [0.1, 0.15) is 5.75 Å². The van der Waals surface area contributed by atoms with Crippen LogP contribution in [0.5, 0.6) is 5.75 Å². The van der Waals surface area contributed by atoms with E-state index in [1.54, 1.807) is 43.8 Å². The maximum atomic E-state index is 12.3. The number of methoxy groups -OCH3 is 1. The van der Waals surface area contributed by atoms with Crippen LogP contribution in [0.1, 0.15) is 21.5 Å². The molecule has 19 heavy (non-hydrogen) atoms. The molecule has 0 radical (unpaired) electrons. The summed E-state index contributed by atoms with van der Waals surface area (Å²) in [6.45, 7) is 0. The van der Waals surface area contributed by atoms with E-state index in [2.05, 4.69) is 0 Å². The van der Waals surface area contributed by atoms with E-state index in [0.717, 1.165) is 11.1 Å². The van der Waals surface area contributed by atoms with Crippen LogP contribution in [-0.2, 0) is 11.8 Å². The average Bonchev–Trinajstić information content (AvgIpc) is 2.89. The Morgan fingerprint density at radius 2 is 1.63 bits per heavy atom. The summed E-state index contributed by atoms with van der Waals surface area (Å²) < 4.78 is 6.57. The Bertz CT molecular complexity index is 554. The highest BCUT2D eigenvalue weighted by atomic mass is 35.5. The molecule has 1 heterocycles. The van der Waals surface area contributed by atoms with Gasteiger partial charge < -0.3 is 4.74 Å². The van der Waals surface area contributed by atoms with Crippen LogP contribution in [0.2, 0.25) is 0 Å². The van der Waals surface area contributed by atoms with Gasteiger partial charge in [0.25, 0.3) is 5.91 Å². The number of halogens is 2. The number of carbonyl (C=O) groups excluding carboxylic acids is 1. The van der Waals surface area contributed by atoms with Crippen LogP contribution in [0.3, 0.4) is 0 Å². The van der Waals surface area contributed by atoms with Crippen LogP contribution in [0.25, 0.3) is 0 Å². The number of rotatable bonds is 4. The zero-order valence-electron chi connectivity index (χ0n) is 10.4. The Hall–Kier alpha value is -1.45. The van der Waals surface area contributed by atoms with Crippen molar-refractivity contribution in [2.45, 2.75) is 11.8 Å². The quantitative estimate of drug-likeness (QED) is 0.807. The molecule has 100 valence electrons. The number of hydrogen-bond donors (Lipinski definition) is 0. The number of alkyl halides is 2. The van der Waals surface area contributed by atoms with Gasteiger partial charge in [-0.25, -0.2) is 0 Å². The molecule has 0 amide bonds. The molecule has 0 atom stereocenters. The fourth-order valence-electron chi connectivity index (χ4n) is 1.78. The number of carbonyl (C=O) groups is 1. The van der Waals surface area contributed by atoms with Gasteiger partial charge in [0.15, 0.2) is 0 Å². The highest BCUT2D eigenvalue weighted by molar-refractivity contribution is 6.18. The van der Waals surface area contributed by atoms with Crippen LogP contribution in [-0.4, -0.2) is 17.6 Å². The van der Waals surface area contributed by atoms with Crippen molar-refractivity contribution in [1.82, 2.24) is 4.57 Å². The summed E-state index contributed by atoms with van der Waals surface area (Å²) >= 11 is 11.6. The molecule has 0 aliphatic carbocycles. The van der Waals surface area contributed by atoms with Crippen LogP contribution in [0, 0.1) is 0 Å². The molecule has 0 bridgehead atoms. The lowest BCUT2D eigenvalue weighted by molar-refractivity contribution is 0.0960. The summed E-state index contributed by atoms with van der Waals surface area (Å²) in [5.74, 6) is 1.27. The van der Waals surface area contributed by atoms with Crippen molar-refractivity contribution in [1.29, 1.82) is 0 Å². The van der Waals surface area contributed by atoms with Gasteiger partial charge in [-0.05, 0) is 35.4 Å². The van der Waals surface area contributed by atoms with Crippen molar-refractivity contribution in [2.24, 2.45) is 0 Å². The Morgan fingerprint density at radius 1 is 1.11 bits per heavy atom.